The van der Waals surface area contributed by atoms with Crippen molar-refractivity contribution >= 4 is 63.7 Å². The molecule has 0 unspecified atom stereocenters. The fourth-order valence-electron chi connectivity index (χ4n) is 5.91. The van der Waals surface area contributed by atoms with E-state index in [1.165, 1.54) is 17.2 Å². The molecule has 4 atom stereocenters. The standard InChI is InChI=1S/C19H24Br2O2.C10H16O.C9H10Br2O2.CH4/c1-5-6-13-16(20)18(22)15(19(23)17(13)21)14-9-11(4)7-8-12(14)10(2)3;1-8(2)9-4-6-10(3,11)7-5-9;1-2-3-5-8(10)6(12)4-7(13)9(5)11;/h9,12,14,22-23H,2,5-8H2,1,3-4H3;4,6,9,11H,1,5,7H2,2-3H3;4,12-13H,2-3H2,1H3;1H4/t12-,14+;9-,10+;;/m00../s1. The Balaban J connectivity index is 0.000000391. The lowest BCUT2D eigenvalue weighted by molar-refractivity contribution is 0.0903. The number of rotatable bonds is 7. The average molecular weight is 922 g/mol. The van der Waals surface area contributed by atoms with Gasteiger partial charge >= 0.3 is 0 Å². The van der Waals surface area contributed by atoms with Crippen molar-refractivity contribution in [3.63, 3.8) is 0 Å². The van der Waals surface area contributed by atoms with Crippen molar-refractivity contribution in [3.05, 3.63) is 88.8 Å². The van der Waals surface area contributed by atoms with Gasteiger partial charge in [-0.05, 0) is 153 Å². The van der Waals surface area contributed by atoms with Crippen molar-refractivity contribution in [2.45, 2.75) is 112 Å². The summed E-state index contributed by atoms with van der Waals surface area (Å²) in [5.41, 5.74) is 5.40. The number of aromatic hydroxyl groups is 4. The second kappa shape index (κ2) is 19.8. The summed E-state index contributed by atoms with van der Waals surface area (Å²) in [6.07, 6.45) is 13.5. The topological polar surface area (TPSA) is 101 Å². The van der Waals surface area contributed by atoms with E-state index in [1.807, 2.05) is 33.8 Å². The first-order chi connectivity index (χ1) is 21.9. The van der Waals surface area contributed by atoms with Crippen LogP contribution in [0.1, 0.15) is 110 Å². The van der Waals surface area contributed by atoms with Crippen LogP contribution in [0.4, 0.5) is 0 Å². The van der Waals surface area contributed by atoms with Crippen molar-refractivity contribution in [2.75, 3.05) is 0 Å². The van der Waals surface area contributed by atoms with E-state index in [0.29, 0.717) is 29.4 Å². The summed E-state index contributed by atoms with van der Waals surface area (Å²) in [5, 5.41) is 49.9. The van der Waals surface area contributed by atoms with E-state index in [-0.39, 0.29) is 42.3 Å². The molecule has 48 heavy (non-hydrogen) atoms. The van der Waals surface area contributed by atoms with Crippen molar-refractivity contribution in [3.8, 4) is 23.0 Å². The van der Waals surface area contributed by atoms with Gasteiger partial charge in [-0.15, -0.1) is 0 Å². The van der Waals surface area contributed by atoms with E-state index in [4.69, 9.17) is 0 Å². The van der Waals surface area contributed by atoms with Crippen LogP contribution < -0.4 is 0 Å². The van der Waals surface area contributed by atoms with Crippen molar-refractivity contribution in [1.29, 1.82) is 0 Å². The molecule has 5 N–H and O–H groups in total. The maximum Gasteiger partial charge on any atom is 0.137 e. The Bertz CT molecular complexity index is 1450. The van der Waals surface area contributed by atoms with Gasteiger partial charge < -0.3 is 25.5 Å². The van der Waals surface area contributed by atoms with Gasteiger partial charge in [-0.1, -0.05) is 82.2 Å². The predicted molar refractivity (Wildman–Crippen MR) is 216 cm³/mol. The Kier molecular flexibility index (Phi) is 18.3. The molecule has 0 saturated carbocycles. The van der Waals surface area contributed by atoms with E-state index >= 15 is 0 Å². The van der Waals surface area contributed by atoms with E-state index in [2.05, 4.69) is 103 Å². The van der Waals surface area contributed by atoms with Gasteiger partial charge in [0.2, 0.25) is 0 Å². The minimum atomic E-state index is -0.577. The third-order valence-corrected chi connectivity index (χ3v) is 12.2. The van der Waals surface area contributed by atoms with Crippen LogP contribution >= 0.6 is 63.7 Å². The van der Waals surface area contributed by atoms with Crippen LogP contribution in [0.2, 0.25) is 0 Å². The first-order valence-corrected chi connectivity index (χ1v) is 19.3. The van der Waals surface area contributed by atoms with Gasteiger partial charge in [-0.3, -0.25) is 0 Å². The van der Waals surface area contributed by atoms with Crippen LogP contribution in [0.15, 0.2) is 72.1 Å². The molecule has 2 aromatic rings. The Morgan fingerprint density at radius 3 is 1.71 bits per heavy atom. The second-order valence-electron chi connectivity index (χ2n) is 13.0. The van der Waals surface area contributed by atoms with Crippen LogP contribution in [0.25, 0.3) is 0 Å². The SMILES string of the molecule is C.C=C(C)[C@@H]1CCC(C)=C[C@H]1c1c(O)c(Br)c(CCC)c(Br)c1O.C=C(C)[C@H]1C=C[C@@](C)(O)CC1.CCCc1c(Br)c(O)cc(O)c1Br. The molecular weight excluding hydrogens is 868 g/mol. The number of benzene rings is 2. The van der Waals surface area contributed by atoms with Gasteiger partial charge in [0.1, 0.15) is 23.0 Å². The summed E-state index contributed by atoms with van der Waals surface area (Å²) in [6, 6.07) is 1.31. The van der Waals surface area contributed by atoms with Crippen LogP contribution in [0.3, 0.4) is 0 Å². The third-order valence-electron chi connectivity index (χ3n) is 8.70. The van der Waals surface area contributed by atoms with Gasteiger partial charge in [-0.2, -0.15) is 0 Å². The Morgan fingerprint density at radius 2 is 1.31 bits per heavy atom. The molecule has 268 valence electrons. The molecule has 2 aliphatic rings. The molecule has 2 aliphatic carbocycles. The van der Waals surface area contributed by atoms with Crippen molar-refractivity contribution < 1.29 is 25.5 Å². The Morgan fingerprint density at radius 1 is 0.833 bits per heavy atom. The summed E-state index contributed by atoms with van der Waals surface area (Å²) in [6.45, 7) is 20.1. The molecule has 9 heteroatoms. The first-order valence-electron chi connectivity index (χ1n) is 16.1. The summed E-state index contributed by atoms with van der Waals surface area (Å²) in [4.78, 5) is 0. The number of hydrogen-bond donors (Lipinski definition) is 5. The third kappa shape index (κ3) is 11.5. The summed E-state index contributed by atoms with van der Waals surface area (Å²) < 4.78 is 2.66. The molecular formula is C39H54Br4O5. The highest BCUT2D eigenvalue weighted by atomic mass is 79.9. The molecule has 0 aromatic heterocycles. The van der Waals surface area contributed by atoms with Crippen molar-refractivity contribution in [2.24, 2.45) is 11.8 Å². The van der Waals surface area contributed by atoms with E-state index in [1.54, 1.807) is 0 Å². The molecule has 0 bridgehead atoms. The zero-order valence-corrected chi connectivity index (χ0v) is 34.7. The summed E-state index contributed by atoms with van der Waals surface area (Å²) >= 11 is 13.6. The second-order valence-corrected chi connectivity index (χ2v) is 16.1. The number of halogens is 4. The lowest BCUT2D eigenvalue weighted by atomic mass is 9.73. The number of allylic oxidation sites excluding steroid dienone is 5. The number of aliphatic hydroxyl groups is 1. The fourth-order valence-corrected chi connectivity index (χ4v) is 8.69. The average Bonchev–Trinajstić information content (AvgIpc) is 3.00. The monoisotopic (exact) mass is 918 g/mol. The molecule has 0 saturated heterocycles. The molecule has 0 fully saturated rings. The van der Waals surface area contributed by atoms with E-state index in [9.17, 15) is 25.5 Å². The maximum atomic E-state index is 10.8. The zero-order chi connectivity index (χ0) is 35.8. The molecule has 0 heterocycles. The maximum absolute atomic E-state index is 10.8. The fraction of sp³-hybridized carbons (Fsp3) is 0.487. The predicted octanol–water partition coefficient (Wildman–Crippen LogP) is 13.1. The van der Waals surface area contributed by atoms with Gasteiger partial charge in [-0.25, -0.2) is 0 Å². The van der Waals surface area contributed by atoms with E-state index in [0.717, 1.165) is 68.1 Å². The van der Waals surface area contributed by atoms with Gasteiger partial charge in [0, 0.05) is 17.5 Å². The van der Waals surface area contributed by atoms with Crippen LogP contribution in [-0.4, -0.2) is 31.1 Å². The molecule has 2 aromatic carbocycles. The van der Waals surface area contributed by atoms with Crippen LogP contribution in [0, 0.1) is 11.8 Å². The quantitative estimate of drug-likeness (QED) is 0.178. The smallest absolute Gasteiger partial charge is 0.137 e. The van der Waals surface area contributed by atoms with Gasteiger partial charge in [0.25, 0.3) is 0 Å². The van der Waals surface area contributed by atoms with Crippen molar-refractivity contribution in [1.82, 2.24) is 0 Å². The van der Waals surface area contributed by atoms with Crippen LogP contribution in [0.5, 0.6) is 23.0 Å². The van der Waals surface area contributed by atoms with Gasteiger partial charge in [0.05, 0.1) is 23.5 Å². The van der Waals surface area contributed by atoms with Gasteiger partial charge in [0.15, 0.2) is 0 Å². The molecule has 0 amide bonds. The molecule has 4 rings (SSSR count). The van der Waals surface area contributed by atoms with Crippen LogP contribution in [-0.2, 0) is 12.8 Å². The number of hydrogen-bond acceptors (Lipinski definition) is 5. The molecule has 0 aliphatic heterocycles. The lowest BCUT2D eigenvalue weighted by Crippen LogP contribution is -2.25. The molecule has 5 nitrogen and oxygen atoms in total. The Labute approximate surface area is 322 Å². The largest absolute Gasteiger partial charge is 0.507 e. The molecule has 0 radical (unpaired) electrons. The highest BCUT2D eigenvalue weighted by molar-refractivity contribution is 9.11. The molecule has 0 spiro atoms. The highest BCUT2D eigenvalue weighted by Crippen LogP contribution is 2.52. The lowest BCUT2D eigenvalue weighted by Gasteiger charge is -2.32. The summed E-state index contributed by atoms with van der Waals surface area (Å²) in [5.74, 6) is 1.10. The minimum absolute atomic E-state index is 0. The summed E-state index contributed by atoms with van der Waals surface area (Å²) in [7, 11) is 0. The zero-order valence-electron chi connectivity index (χ0n) is 28.4. The van der Waals surface area contributed by atoms with E-state index < -0.39 is 5.60 Å². The minimum Gasteiger partial charge on any atom is -0.507 e. The highest BCUT2D eigenvalue weighted by Gasteiger charge is 2.33. The first kappa shape index (κ1) is 44.5. The number of phenols is 4. The Hall–Kier alpha value is -1.52. The normalized spacial score (nSPS) is 21.5. The number of phenolic OH excluding ortho intramolecular Hbond substituents is 4.